The van der Waals surface area contributed by atoms with Gasteiger partial charge in [-0.15, -0.1) is 12.4 Å². The molecule has 0 spiro atoms. The fourth-order valence-corrected chi connectivity index (χ4v) is 2.55. The summed E-state index contributed by atoms with van der Waals surface area (Å²) >= 11 is 0. The minimum atomic E-state index is -0.0760. The fraction of sp³-hybridized carbons (Fsp3) is 0.353. The van der Waals surface area contributed by atoms with Crippen molar-refractivity contribution in [3.05, 3.63) is 41.0 Å². The van der Waals surface area contributed by atoms with Gasteiger partial charge >= 0.3 is 0 Å². The molecule has 0 fully saturated rings. The Bertz CT molecular complexity index is 641. The van der Waals surface area contributed by atoms with E-state index in [2.05, 4.69) is 16.7 Å². The summed E-state index contributed by atoms with van der Waals surface area (Å²) in [4.78, 5) is 12.3. The first-order chi connectivity index (χ1) is 10.8. The van der Waals surface area contributed by atoms with Crippen molar-refractivity contribution in [2.75, 3.05) is 33.4 Å². The summed E-state index contributed by atoms with van der Waals surface area (Å²) in [6.07, 6.45) is 4.99. The Kier molecular flexibility index (Phi) is 6.07. The Balaban J connectivity index is 0.00000192. The third kappa shape index (κ3) is 4.27. The number of hydrogen-bond donors (Lipinski definition) is 2. The molecule has 0 bridgehead atoms. The number of hydrogen-bond acceptors (Lipinski definition) is 4. The van der Waals surface area contributed by atoms with Gasteiger partial charge in [-0.2, -0.15) is 0 Å². The second-order valence-electron chi connectivity index (χ2n) is 5.36. The molecule has 5 nitrogen and oxygen atoms in total. The van der Waals surface area contributed by atoms with Crippen molar-refractivity contribution in [1.29, 1.82) is 0 Å². The molecule has 124 valence electrons. The van der Waals surface area contributed by atoms with Crippen LogP contribution in [-0.4, -0.2) is 39.3 Å². The van der Waals surface area contributed by atoms with Crippen molar-refractivity contribution < 1.29 is 14.3 Å². The highest BCUT2D eigenvalue weighted by Gasteiger charge is 2.18. The standard InChI is InChI=1S/C17H20N2O3.ClH/c1-21-15-2-3-16-13(9-15)8-14(11-22-16)17(20)19-10-12-4-6-18-7-5-12;/h2-4,8-9,18H,5-7,10-11H2,1H3,(H,19,20);1H. The third-order valence-electron chi connectivity index (χ3n) is 3.86. The van der Waals surface area contributed by atoms with E-state index in [4.69, 9.17) is 9.47 Å². The van der Waals surface area contributed by atoms with Gasteiger partial charge in [-0.1, -0.05) is 11.6 Å². The highest BCUT2D eigenvalue weighted by atomic mass is 35.5. The lowest BCUT2D eigenvalue weighted by molar-refractivity contribution is -0.117. The second kappa shape index (κ2) is 8.04. The van der Waals surface area contributed by atoms with Gasteiger partial charge in [-0.25, -0.2) is 0 Å². The first-order valence-electron chi connectivity index (χ1n) is 7.44. The quantitative estimate of drug-likeness (QED) is 0.825. The summed E-state index contributed by atoms with van der Waals surface area (Å²) in [6, 6.07) is 5.58. The smallest absolute Gasteiger partial charge is 0.250 e. The summed E-state index contributed by atoms with van der Waals surface area (Å²) < 4.78 is 10.8. The van der Waals surface area contributed by atoms with Gasteiger partial charge in [0.05, 0.1) is 12.7 Å². The van der Waals surface area contributed by atoms with Crippen LogP contribution in [0.2, 0.25) is 0 Å². The molecule has 2 heterocycles. The van der Waals surface area contributed by atoms with E-state index in [1.807, 2.05) is 24.3 Å². The first-order valence-corrected chi connectivity index (χ1v) is 7.44. The van der Waals surface area contributed by atoms with Crippen LogP contribution in [0.25, 0.3) is 6.08 Å². The van der Waals surface area contributed by atoms with Gasteiger partial charge in [0.2, 0.25) is 0 Å². The monoisotopic (exact) mass is 336 g/mol. The van der Waals surface area contributed by atoms with Crippen molar-refractivity contribution in [2.24, 2.45) is 0 Å². The maximum absolute atomic E-state index is 12.3. The van der Waals surface area contributed by atoms with Crippen molar-refractivity contribution >= 4 is 24.4 Å². The Morgan fingerprint density at radius 1 is 1.43 bits per heavy atom. The molecule has 2 aliphatic rings. The van der Waals surface area contributed by atoms with Gasteiger partial charge in [0.15, 0.2) is 0 Å². The molecule has 3 rings (SSSR count). The third-order valence-corrected chi connectivity index (χ3v) is 3.86. The number of rotatable bonds is 4. The van der Waals surface area contributed by atoms with Gasteiger partial charge < -0.3 is 20.1 Å². The molecule has 0 unspecified atom stereocenters. The molecule has 0 aliphatic carbocycles. The molecule has 1 aromatic carbocycles. The maximum Gasteiger partial charge on any atom is 0.250 e. The number of fused-ring (bicyclic) bond motifs is 1. The number of carbonyl (C=O) groups excluding carboxylic acids is 1. The lowest BCUT2D eigenvalue weighted by Gasteiger charge is -2.19. The fourth-order valence-electron chi connectivity index (χ4n) is 2.55. The minimum Gasteiger partial charge on any atom is -0.497 e. The Labute approximate surface area is 142 Å². The normalized spacial score (nSPS) is 16.0. The van der Waals surface area contributed by atoms with Crippen molar-refractivity contribution in [1.82, 2.24) is 10.6 Å². The maximum atomic E-state index is 12.3. The highest BCUT2D eigenvalue weighted by molar-refractivity contribution is 5.99. The van der Waals surface area contributed by atoms with Crippen LogP contribution in [0.3, 0.4) is 0 Å². The lowest BCUT2D eigenvalue weighted by atomic mass is 10.1. The number of carbonyl (C=O) groups is 1. The molecule has 0 atom stereocenters. The van der Waals surface area contributed by atoms with Crippen molar-refractivity contribution in [3.63, 3.8) is 0 Å². The second-order valence-corrected chi connectivity index (χ2v) is 5.36. The topological polar surface area (TPSA) is 59.6 Å². The zero-order valence-electron chi connectivity index (χ0n) is 13.1. The number of amides is 1. The van der Waals surface area contributed by atoms with Gasteiger partial charge in [-0.05, 0) is 37.2 Å². The zero-order valence-corrected chi connectivity index (χ0v) is 13.9. The SMILES string of the molecule is COc1ccc2c(c1)C=C(C(=O)NCC1=CCNCC1)CO2.Cl. The molecule has 2 aliphatic heterocycles. The summed E-state index contributed by atoms with van der Waals surface area (Å²) in [5.41, 5.74) is 2.78. The van der Waals surface area contributed by atoms with E-state index in [-0.39, 0.29) is 18.3 Å². The summed E-state index contributed by atoms with van der Waals surface area (Å²) in [5, 5.41) is 6.22. The summed E-state index contributed by atoms with van der Waals surface area (Å²) in [6.45, 7) is 2.75. The van der Waals surface area contributed by atoms with Gasteiger partial charge in [0.1, 0.15) is 18.1 Å². The number of ether oxygens (including phenoxy) is 2. The predicted molar refractivity (Wildman–Crippen MR) is 92.3 cm³/mol. The van der Waals surface area contributed by atoms with E-state index in [1.54, 1.807) is 7.11 Å². The van der Waals surface area contributed by atoms with Crippen LogP contribution in [0.1, 0.15) is 12.0 Å². The number of halogens is 1. The summed E-state index contributed by atoms with van der Waals surface area (Å²) in [5.74, 6) is 1.45. The number of methoxy groups -OCH3 is 1. The average molecular weight is 337 g/mol. The summed E-state index contributed by atoms with van der Waals surface area (Å²) in [7, 11) is 1.62. The molecule has 6 heteroatoms. The molecule has 1 amide bonds. The lowest BCUT2D eigenvalue weighted by Crippen LogP contribution is -2.32. The molecular formula is C17H21ClN2O3. The van der Waals surface area contributed by atoms with Gasteiger partial charge in [0, 0.05) is 18.7 Å². The Morgan fingerprint density at radius 2 is 2.30 bits per heavy atom. The molecule has 0 aromatic heterocycles. The van der Waals surface area contributed by atoms with E-state index in [0.717, 1.165) is 36.6 Å². The average Bonchev–Trinajstić information content (AvgIpc) is 2.59. The van der Waals surface area contributed by atoms with Crippen molar-refractivity contribution in [2.45, 2.75) is 6.42 Å². The molecule has 0 radical (unpaired) electrons. The largest absolute Gasteiger partial charge is 0.497 e. The zero-order chi connectivity index (χ0) is 15.4. The predicted octanol–water partition coefficient (Wildman–Crippen LogP) is 1.93. The highest BCUT2D eigenvalue weighted by Crippen LogP contribution is 2.29. The minimum absolute atomic E-state index is 0. The molecule has 2 N–H and O–H groups in total. The van der Waals surface area contributed by atoms with E-state index < -0.39 is 0 Å². The van der Waals surface area contributed by atoms with Crippen molar-refractivity contribution in [3.8, 4) is 11.5 Å². The van der Waals surface area contributed by atoms with E-state index in [0.29, 0.717) is 18.7 Å². The Hall–Kier alpha value is -1.98. The van der Waals surface area contributed by atoms with Crippen LogP contribution < -0.4 is 20.1 Å². The molecule has 23 heavy (non-hydrogen) atoms. The molecule has 0 saturated heterocycles. The van der Waals surface area contributed by atoms with E-state index in [1.165, 1.54) is 5.57 Å². The van der Waals surface area contributed by atoms with Crippen LogP contribution in [-0.2, 0) is 4.79 Å². The van der Waals surface area contributed by atoms with Crippen LogP contribution >= 0.6 is 12.4 Å². The van der Waals surface area contributed by atoms with Crippen LogP contribution in [0.4, 0.5) is 0 Å². The van der Waals surface area contributed by atoms with E-state index >= 15 is 0 Å². The van der Waals surface area contributed by atoms with Gasteiger partial charge in [0.25, 0.3) is 5.91 Å². The first kappa shape index (κ1) is 17.4. The number of nitrogens with one attached hydrogen (secondary N) is 2. The van der Waals surface area contributed by atoms with Gasteiger partial charge in [-0.3, -0.25) is 4.79 Å². The van der Waals surface area contributed by atoms with Crippen LogP contribution in [0.15, 0.2) is 35.4 Å². The van der Waals surface area contributed by atoms with Crippen LogP contribution in [0.5, 0.6) is 11.5 Å². The molecular weight excluding hydrogens is 316 g/mol. The Morgan fingerprint density at radius 3 is 3.04 bits per heavy atom. The number of benzene rings is 1. The molecule has 1 aromatic rings. The van der Waals surface area contributed by atoms with E-state index in [9.17, 15) is 4.79 Å². The molecule has 0 saturated carbocycles. The van der Waals surface area contributed by atoms with Crippen LogP contribution in [0, 0.1) is 0 Å².